The van der Waals surface area contributed by atoms with Crippen LogP contribution in [0.2, 0.25) is 0 Å². The van der Waals surface area contributed by atoms with Crippen molar-refractivity contribution in [3.63, 3.8) is 0 Å². The van der Waals surface area contributed by atoms with Gasteiger partial charge in [0.15, 0.2) is 0 Å². The van der Waals surface area contributed by atoms with Crippen LogP contribution in [-0.2, 0) is 11.2 Å². The molecule has 2 aliphatic rings. The topological polar surface area (TPSA) is 74.4 Å². The Kier molecular flexibility index (Phi) is 5.85. The molecule has 1 N–H and O–H groups in total. The van der Waals surface area contributed by atoms with Gasteiger partial charge in [0, 0.05) is 38.0 Å². The van der Waals surface area contributed by atoms with Crippen LogP contribution in [0.3, 0.4) is 0 Å². The first-order valence-electron chi connectivity index (χ1n) is 9.99. The summed E-state index contributed by atoms with van der Waals surface area (Å²) >= 11 is 0. The molecule has 2 fully saturated rings. The molecule has 7 nitrogen and oxygen atoms in total. The molecular weight excluding hydrogens is 330 g/mol. The predicted octanol–water partition coefficient (Wildman–Crippen LogP) is 2.95. The van der Waals surface area contributed by atoms with Crippen molar-refractivity contribution < 1.29 is 9.53 Å². The highest BCUT2D eigenvalue weighted by Gasteiger charge is 2.32. The zero-order chi connectivity index (χ0) is 18.7. The van der Waals surface area contributed by atoms with E-state index in [1.54, 1.807) is 0 Å². The van der Waals surface area contributed by atoms with Gasteiger partial charge in [0.1, 0.15) is 17.2 Å². The Hall–Kier alpha value is -1.63. The van der Waals surface area contributed by atoms with Crippen LogP contribution in [0.15, 0.2) is 0 Å². The highest BCUT2D eigenvalue weighted by Crippen LogP contribution is 2.29. The van der Waals surface area contributed by atoms with Crippen molar-refractivity contribution in [2.24, 2.45) is 0 Å². The number of hydrogen-bond acceptors (Lipinski definition) is 5. The van der Waals surface area contributed by atoms with Gasteiger partial charge in [0.2, 0.25) is 0 Å². The second kappa shape index (κ2) is 7.94. The molecule has 1 atom stereocenters. The van der Waals surface area contributed by atoms with E-state index in [0.717, 1.165) is 57.1 Å². The van der Waals surface area contributed by atoms with Crippen molar-refractivity contribution in [3.8, 4) is 0 Å². The largest absolute Gasteiger partial charge is 0.444 e. The highest BCUT2D eigenvalue weighted by atomic mass is 16.6. The first-order valence-corrected chi connectivity index (χ1v) is 9.99. The van der Waals surface area contributed by atoms with E-state index in [0.29, 0.717) is 12.0 Å². The molecule has 1 amide bonds. The van der Waals surface area contributed by atoms with Gasteiger partial charge in [-0.15, -0.1) is 0 Å². The Labute approximate surface area is 156 Å². The lowest BCUT2D eigenvalue weighted by atomic mass is 9.93. The van der Waals surface area contributed by atoms with Crippen LogP contribution < -0.4 is 0 Å². The van der Waals surface area contributed by atoms with Gasteiger partial charge >= 0.3 is 6.09 Å². The zero-order valence-electron chi connectivity index (χ0n) is 16.6. The van der Waals surface area contributed by atoms with Crippen LogP contribution in [0.1, 0.15) is 70.9 Å². The molecule has 0 saturated carbocycles. The number of amides is 1. The maximum atomic E-state index is 12.2. The zero-order valence-corrected chi connectivity index (χ0v) is 16.6. The molecule has 0 bridgehead atoms. The van der Waals surface area contributed by atoms with E-state index in [4.69, 9.17) is 4.74 Å². The van der Waals surface area contributed by atoms with Gasteiger partial charge in [0.25, 0.3) is 0 Å². The molecule has 3 rings (SSSR count). The molecule has 0 radical (unpaired) electrons. The number of nitrogens with one attached hydrogen (secondary N) is 1. The van der Waals surface area contributed by atoms with E-state index >= 15 is 0 Å². The number of aromatic amines is 1. The smallest absolute Gasteiger partial charge is 0.410 e. The third-order valence-corrected chi connectivity index (χ3v) is 5.34. The molecule has 26 heavy (non-hydrogen) atoms. The summed E-state index contributed by atoms with van der Waals surface area (Å²) in [6, 6.07) is 0.546. The average molecular weight is 364 g/mol. The minimum atomic E-state index is -0.428. The van der Waals surface area contributed by atoms with E-state index in [1.165, 1.54) is 12.8 Å². The van der Waals surface area contributed by atoms with Gasteiger partial charge in [-0.3, -0.25) is 10.00 Å². The number of nitrogens with zero attached hydrogens (tertiary/aromatic N) is 4. The number of aryl methyl sites for hydroxylation is 1. The molecule has 1 aromatic heterocycles. The van der Waals surface area contributed by atoms with Gasteiger partial charge in [-0.2, -0.15) is 5.10 Å². The molecule has 0 spiro atoms. The minimum absolute atomic E-state index is 0.179. The van der Waals surface area contributed by atoms with Crippen LogP contribution in [0.25, 0.3) is 0 Å². The number of carbonyl (C=O) groups is 1. The van der Waals surface area contributed by atoms with Crippen LogP contribution in [0.5, 0.6) is 0 Å². The lowest BCUT2D eigenvalue weighted by Gasteiger charge is -2.42. The van der Waals surface area contributed by atoms with E-state index in [2.05, 4.69) is 27.0 Å². The van der Waals surface area contributed by atoms with Crippen LogP contribution in [-0.4, -0.2) is 68.9 Å². The summed E-state index contributed by atoms with van der Waals surface area (Å²) in [5, 5.41) is 7.43. The van der Waals surface area contributed by atoms with Crippen LogP contribution in [0, 0.1) is 0 Å². The molecule has 3 heterocycles. The molecular formula is C19H33N5O2. The maximum absolute atomic E-state index is 12.2. The van der Waals surface area contributed by atoms with Crippen molar-refractivity contribution in [1.29, 1.82) is 0 Å². The molecule has 0 aromatic carbocycles. The van der Waals surface area contributed by atoms with Crippen LogP contribution in [0.4, 0.5) is 4.79 Å². The Morgan fingerprint density at radius 3 is 2.58 bits per heavy atom. The number of rotatable bonds is 3. The number of aromatic nitrogens is 3. The summed E-state index contributed by atoms with van der Waals surface area (Å²) < 4.78 is 5.50. The fraction of sp³-hybridized carbons (Fsp3) is 0.842. The second-order valence-electron chi connectivity index (χ2n) is 8.52. The minimum Gasteiger partial charge on any atom is -0.444 e. The van der Waals surface area contributed by atoms with E-state index in [1.807, 2.05) is 25.7 Å². The van der Waals surface area contributed by atoms with Crippen molar-refractivity contribution in [1.82, 2.24) is 25.0 Å². The van der Waals surface area contributed by atoms with Crippen molar-refractivity contribution >= 4 is 6.09 Å². The molecule has 2 aliphatic heterocycles. The Morgan fingerprint density at radius 2 is 1.96 bits per heavy atom. The van der Waals surface area contributed by atoms with Gasteiger partial charge in [-0.1, -0.05) is 6.92 Å². The van der Waals surface area contributed by atoms with E-state index in [9.17, 15) is 4.79 Å². The monoisotopic (exact) mass is 363 g/mol. The first kappa shape index (κ1) is 19.1. The van der Waals surface area contributed by atoms with Gasteiger partial charge < -0.3 is 9.64 Å². The predicted molar refractivity (Wildman–Crippen MR) is 100 cm³/mol. The SMILES string of the molecule is CCc1n[nH]c(C2CCCN(C3CCN(C(=O)OC(C)(C)C)CC3)C2)n1. The van der Waals surface area contributed by atoms with Crippen molar-refractivity contribution in [3.05, 3.63) is 11.6 Å². The normalized spacial score (nSPS) is 23.2. The number of hydrogen-bond donors (Lipinski definition) is 1. The van der Waals surface area contributed by atoms with Gasteiger partial charge in [-0.05, 0) is 53.0 Å². The lowest BCUT2D eigenvalue weighted by Crippen LogP contribution is -2.50. The number of H-pyrrole nitrogens is 1. The van der Waals surface area contributed by atoms with Crippen LogP contribution >= 0.6 is 0 Å². The fourth-order valence-corrected chi connectivity index (χ4v) is 3.95. The second-order valence-corrected chi connectivity index (χ2v) is 8.52. The third kappa shape index (κ3) is 4.75. The average Bonchev–Trinajstić information content (AvgIpc) is 3.10. The first-order chi connectivity index (χ1) is 12.4. The summed E-state index contributed by atoms with van der Waals surface area (Å²) in [6.45, 7) is 11.6. The van der Waals surface area contributed by atoms with E-state index in [-0.39, 0.29) is 6.09 Å². The van der Waals surface area contributed by atoms with E-state index < -0.39 is 5.60 Å². The summed E-state index contributed by atoms with van der Waals surface area (Å²) in [7, 11) is 0. The van der Waals surface area contributed by atoms with Gasteiger partial charge in [0.05, 0.1) is 0 Å². The summed E-state index contributed by atoms with van der Waals surface area (Å²) in [4.78, 5) is 21.3. The van der Waals surface area contributed by atoms with Crippen molar-refractivity contribution in [2.45, 2.75) is 77.4 Å². The summed E-state index contributed by atoms with van der Waals surface area (Å²) in [6.07, 6.45) is 5.09. The Balaban J connectivity index is 1.52. The number of ether oxygens (including phenoxy) is 1. The molecule has 0 aliphatic carbocycles. The van der Waals surface area contributed by atoms with Gasteiger partial charge in [-0.25, -0.2) is 9.78 Å². The summed E-state index contributed by atoms with van der Waals surface area (Å²) in [5.41, 5.74) is -0.428. The quantitative estimate of drug-likeness (QED) is 0.894. The Morgan fingerprint density at radius 1 is 1.23 bits per heavy atom. The molecule has 2 saturated heterocycles. The molecule has 146 valence electrons. The molecule has 1 unspecified atom stereocenters. The lowest BCUT2D eigenvalue weighted by molar-refractivity contribution is 0.0123. The van der Waals surface area contributed by atoms with Crippen molar-refractivity contribution in [2.75, 3.05) is 26.2 Å². The standard InChI is InChI=1S/C19H33N5O2/c1-5-16-20-17(22-21-16)14-7-6-10-24(13-14)15-8-11-23(12-9-15)18(25)26-19(2,3)4/h14-15H,5-13H2,1-4H3,(H,20,21,22). The maximum Gasteiger partial charge on any atom is 0.410 e. The third-order valence-electron chi connectivity index (χ3n) is 5.34. The fourth-order valence-electron chi connectivity index (χ4n) is 3.95. The number of likely N-dealkylation sites (tertiary alicyclic amines) is 2. The highest BCUT2D eigenvalue weighted by molar-refractivity contribution is 5.68. The number of piperidine rings is 2. The Bertz CT molecular complexity index is 601. The molecule has 1 aromatic rings. The molecule has 7 heteroatoms. The summed E-state index contributed by atoms with van der Waals surface area (Å²) in [5.74, 6) is 2.39. The number of carbonyl (C=O) groups excluding carboxylic acids is 1.